The van der Waals surface area contributed by atoms with E-state index in [1.165, 1.54) is 9.30 Å². The fraction of sp³-hybridized carbons (Fsp3) is 0.571. The summed E-state index contributed by atoms with van der Waals surface area (Å²) in [6, 6.07) is 1.12. The van der Waals surface area contributed by atoms with E-state index >= 15 is 0 Å². The summed E-state index contributed by atoms with van der Waals surface area (Å²) in [6.07, 6.45) is 0.388. The molecule has 3 fully saturated rings. The molecular formula is C21H22ClF3N4O3. The molecule has 0 N–H and O–H groups in total. The topological polar surface area (TPSA) is 67.2 Å². The fourth-order valence-corrected chi connectivity index (χ4v) is 4.97. The van der Waals surface area contributed by atoms with Crippen LogP contribution >= 0.6 is 11.6 Å². The van der Waals surface area contributed by atoms with Crippen molar-refractivity contribution in [3.8, 4) is 0 Å². The van der Waals surface area contributed by atoms with Crippen molar-refractivity contribution < 1.29 is 27.5 Å². The van der Waals surface area contributed by atoms with Gasteiger partial charge in [-0.05, 0) is 43.2 Å². The van der Waals surface area contributed by atoms with Gasteiger partial charge in [0.1, 0.15) is 11.8 Å². The zero-order valence-electron chi connectivity index (χ0n) is 17.2. The number of fused-ring (bicyclic) bond motifs is 1. The lowest BCUT2D eigenvalue weighted by Gasteiger charge is -2.35. The lowest BCUT2D eigenvalue weighted by Crippen LogP contribution is -2.47. The number of amides is 2. The summed E-state index contributed by atoms with van der Waals surface area (Å²) < 4.78 is 47.5. The number of cyclic esters (lactones) is 1. The highest BCUT2D eigenvalue weighted by Crippen LogP contribution is 2.41. The first-order valence-electron chi connectivity index (χ1n) is 10.8. The molecule has 0 aromatic carbocycles. The molecule has 0 spiro atoms. The van der Waals surface area contributed by atoms with Gasteiger partial charge in [-0.1, -0.05) is 18.0 Å². The van der Waals surface area contributed by atoms with Crippen LogP contribution in [-0.4, -0.2) is 63.5 Å². The highest BCUT2D eigenvalue weighted by Gasteiger charge is 2.38. The van der Waals surface area contributed by atoms with Crippen LogP contribution in [0.4, 0.5) is 18.0 Å². The van der Waals surface area contributed by atoms with Crippen LogP contribution in [0.25, 0.3) is 5.65 Å². The number of pyridine rings is 1. The van der Waals surface area contributed by atoms with Gasteiger partial charge < -0.3 is 14.5 Å². The molecule has 5 rings (SSSR count). The number of halogens is 4. The normalized spacial score (nSPS) is 20.7. The van der Waals surface area contributed by atoms with E-state index in [1.54, 1.807) is 11.1 Å². The van der Waals surface area contributed by atoms with Crippen molar-refractivity contribution >= 4 is 29.2 Å². The predicted molar refractivity (Wildman–Crippen MR) is 109 cm³/mol. The van der Waals surface area contributed by atoms with Crippen LogP contribution in [0.3, 0.4) is 0 Å². The molecule has 0 bridgehead atoms. The van der Waals surface area contributed by atoms with E-state index in [1.807, 2.05) is 0 Å². The number of imidazole rings is 1. The van der Waals surface area contributed by atoms with Crippen molar-refractivity contribution in [2.45, 2.75) is 50.2 Å². The number of alkyl halides is 3. The summed E-state index contributed by atoms with van der Waals surface area (Å²) >= 11 is 6.40. The van der Waals surface area contributed by atoms with Crippen molar-refractivity contribution in [1.29, 1.82) is 0 Å². The van der Waals surface area contributed by atoms with E-state index in [4.69, 9.17) is 16.3 Å². The van der Waals surface area contributed by atoms with Crippen LogP contribution in [0, 0.1) is 0 Å². The third-order valence-corrected chi connectivity index (χ3v) is 7.11. The molecule has 7 nitrogen and oxygen atoms in total. The second-order valence-electron chi connectivity index (χ2n) is 8.59. The van der Waals surface area contributed by atoms with E-state index in [2.05, 4.69) is 4.98 Å². The first-order valence-corrected chi connectivity index (χ1v) is 11.1. The zero-order chi connectivity index (χ0) is 22.6. The minimum atomic E-state index is -4.61. The maximum absolute atomic E-state index is 13.8. The molecule has 172 valence electrons. The molecule has 1 saturated carbocycles. The Labute approximate surface area is 187 Å². The van der Waals surface area contributed by atoms with Gasteiger partial charge in [0.2, 0.25) is 0 Å². The van der Waals surface area contributed by atoms with Gasteiger partial charge in [0.25, 0.3) is 5.91 Å². The van der Waals surface area contributed by atoms with Gasteiger partial charge in [-0.3, -0.25) is 9.20 Å². The van der Waals surface area contributed by atoms with Crippen molar-refractivity contribution in [2.24, 2.45) is 0 Å². The Morgan fingerprint density at radius 3 is 2.44 bits per heavy atom. The summed E-state index contributed by atoms with van der Waals surface area (Å²) in [7, 11) is 0. The molecule has 2 saturated heterocycles. The van der Waals surface area contributed by atoms with Gasteiger partial charge in [0.05, 0.1) is 12.1 Å². The zero-order valence-corrected chi connectivity index (χ0v) is 18.0. The molecule has 1 aliphatic carbocycles. The minimum absolute atomic E-state index is 0.0209. The summed E-state index contributed by atoms with van der Waals surface area (Å²) in [6.45, 7) is 1.60. The Balaban J connectivity index is 1.42. The molecule has 0 unspecified atom stereocenters. The molecular weight excluding hydrogens is 449 g/mol. The molecule has 0 radical (unpaired) electrons. The monoisotopic (exact) mass is 470 g/mol. The first-order chi connectivity index (χ1) is 15.2. The van der Waals surface area contributed by atoms with Gasteiger partial charge in [-0.25, -0.2) is 9.78 Å². The van der Waals surface area contributed by atoms with Crippen molar-refractivity contribution in [1.82, 2.24) is 19.2 Å². The van der Waals surface area contributed by atoms with Gasteiger partial charge in [-0.2, -0.15) is 13.2 Å². The number of nitrogens with zero attached hydrogens (tertiary/aromatic N) is 4. The van der Waals surface area contributed by atoms with E-state index < -0.39 is 17.6 Å². The molecule has 3 aliphatic rings. The third kappa shape index (κ3) is 3.58. The maximum Gasteiger partial charge on any atom is 0.419 e. The average molecular weight is 471 g/mol. The molecule has 11 heteroatoms. The standard InChI is InChI=1S/C21H22ClF3N4O3/c22-17-16(19(30)27-6-4-14(5-7-27)28-8-9-32-20(28)31)26-18-15(21(23,24)25)10-13(11-29(17)18)12-2-1-3-12/h10-12,14H,1-9H2. The molecule has 2 aliphatic heterocycles. The van der Waals surface area contributed by atoms with E-state index in [0.717, 1.165) is 25.3 Å². The van der Waals surface area contributed by atoms with Crippen LogP contribution in [0.5, 0.6) is 0 Å². The number of aromatic nitrogens is 2. The number of likely N-dealkylation sites (tertiary alicyclic amines) is 1. The number of hydrogen-bond donors (Lipinski definition) is 0. The second kappa shape index (κ2) is 7.83. The predicted octanol–water partition coefficient (Wildman–Crippen LogP) is 4.33. The second-order valence-corrected chi connectivity index (χ2v) is 8.95. The molecule has 0 atom stereocenters. The Morgan fingerprint density at radius 2 is 1.88 bits per heavy atom. The number of ether oxygens (including phenoxy) is 1. The van der Waals surface area contributed by atoms with Gasteiger partial charge in [0.15, 0.2) is 11.3 Å². The molecule has 4 heterocycles. The van der Waals surface area contributed by atoms with Crippen molar-refractivity contribution in [3.05, 3.63) is 34.2 Å². The largest absolute Gasteiger partial charge is 0.448 e. The lowest BCUT2D eigenvalue weighted by molar-refractivity contribution is -0.136. The lowest BCUT2D eigenvalue weighted by atomic mass is 9.80. The van der Waals surface area contributed by atoms with Crippen LogP contribution in [0.15, 0.2) is 12.3 Å². The number of piperidine rings is 1. The number of hydrogen-bond acceptors (Lipinski definition) is 4. The molecule has 2 aromatic rings. The van der Waals surface area contributed by atoms with Crippen LogP contribution in [0.1, 0.15) is 59.6 Å². The highest BCUT2D eigenvalue weighted by atomic mass is 35.5. The van der Waals surface area contributed by atoms with Gasteiger partial charge >= 0.3 is 12.3 Å². The molecule has 32 heavy (non-hydrogen) atoms. The summed E-state index contributed by atoms with van der Waals surface area (Å²) in [5.41, 5.74) is -0.854. The third-order valence-electron chi connectivity index (χ3n) is 6.75. The van der Waals surface area contributed by atoms with Crippen molar-refractivity contribution in [3.63, 3.8) is 0 Å². The minimum Gasteiger partial charge on any atom is -0.448 e. The van der Waals surface area contributed by atoms with Crippen LogP contribution in [0.2, 0.25) is 5.15 Å². The number of carbonyl (C=O) groups excluding carboxylic acids is 2. The van der Waals surface area contributed by atoms with E-state index in [0.29, 0.717) is 44.6 Å². The highest BCUT2D eigenvalue weighted by molar-refractivity contribution is 6.33. The van der Waals surface area contributed by atoms with E-state index in [-0.39, 0.29) is 34.5 Å². The Bertz CT molecular complexity index is 1070. The summed E-state index contributed by atoms with van der Waals surface area (Å²) in [4.78, 5) is 32.1. The van der Waals surface area contributed by atoms with Crippen molar-refractivity contribution in [2.75, 3.05) is 26.2 Å². The quantitative estimate of drug-likeness (QED) is 0.669. The smallest absolute Gasteiger partial charge is 0.419 e. The molecule has 2 aromatic heterocycles. The van der Waals surface area contributed by atoms with Gasteiger partial charge in [0, 0.05) is 25.3 Å². The first kappa shape index (κ1) is 21.4. The number of carbonyl (C=O) groups is 2. The molecule has 2 amide bonds. The van der Waals surface area contributed by atoms with Crippen LogP contribution in [-0.2, 0) is 10.9 Å². The fourth-order valence-electron chi connectivity index (χ4n) is 4.72. The Morgan fingerprint density at radius 1 is 1.16 bits per heavy atom. The van der Waals surface area contributed by atoms with E-state index in [9.17, 15) is 22.8 Å². The summed E-state index contributed by atoms with van der Waals surface area (Å²) in [5, 5.41) is -0.109. The van der Waals surface area contributed by atoms with Gasteiger partial charge in [-0.15, -0.1) is 0 Å². The number of rotatable bonds is 3. The summed E-state index contributed by atoms with van der Waals surface area (Å²) in [5.74, 6) is -0.436. The maximum atomic E-state index is 13.8. The Hall–Kier alpha value is -2.49. The SMILES string of the molecule is O=C(c1nc2c(C(F)(F)F)cc(C3CCC3)cn2c1Cl)N1CCC(N2CCOC2=O)CC1. The Kier molecular flexibility index (Phi) is 5.22. The average Bonchev–Trinajstić information content (AvgIpc) is 3.29. The van der Waals surface area contributed by atoms with Crippen LogP contribution < -0.4 is 0 Å².